The molecule has 2 heteroatoms. The van der Waals surface area contributed by atoms with E-state index in [1.807, 2.05) is 6.08 Å². The Labute approximate surface area is 47.1 Å². The van der Waals surface area contributed by atoms with Crippen LogP contribution >= 0.6 is 0 Å². The maximum Gasteiger partial charge on any atom is 0.249 e. The van der Waals surface area contributed by atoms with Gasteiger partial charge in [0.05, 0.1) is 0 Å². The average Bonchev–Trinajstić information content (AvgIpc) is 2.45. The van der Waals surface area contributed by atoms with E-state index in [2.05, 4.69) is 6.08 Å². The lowest BCUT2D eigenvalue weighted by molar-refractivity contribution is -0.0776. The van der Waals surface area contributed by atoms with Gasteiger partial charge in [0.2, 0.25) is 11.6 Å². The van der Waals surface area contributed by atoms with Crippen LogP contribution in [0.15, 0.2) is 12.2 Å². The second-order valence-electron chi connectivity index (χ2n) is 2.57. The zero-order chi connectivity index (χ0) is 5.24. The Kier molecular flexibility index (Phi) is 0.311. The topological polar surface area (TPSA) is 25.1 Å². The number of allylic oxidation sites excluding steroid dienone is 1. The normalized spacial score (nSPS) is 64.0. The number of rotatable bonds is 0. The third-order valence-electron chi connectivity index (χ3n) is 2.06. The van der Waals surface area contributed by atoms with Crippen molar-refractivity contribution in [1.82, 2.24) is 0 Å². The first-order valence-corrected chi connectivity index (χ1v) is 2.95. The fraction of sp³-hybridized carbons (Fsp3) is 0.667. The van der Waals surface area contributed by atoms with Crippen molar-refractivity contribution >= 4 is 0 Å². The first-order valence-electron chi connectivity index (χ1n) is 2.95. The van der Waals surface area contributed by atoms with E-state index < -0.39 is 0 Å². The van der Waals surface area contributed by atoms with Crippen molar-refractivity contribution in [3.8, 4) is 0 Å². The molecule has 3 rings (SSSR count). The summed E-state index contributed by atoms with van der Waals surface area (Å²) in [5, 5.41) is 0. The molecule has 0 radical (unpaired) electrons. The largest absolute Gasteiger partial charge is 0.303 e. The van der Waals surface area contributed by atoms with Crippen molar-refractivity contribution in [2.24, 2.45) is 0 Å². The van der Waals surface area contributed by atoms with Crippen molar-refractivity contribution in [1.29, 1.82) is 0 Å². The third kappa shape index (κ3) is 0.187. The lowest BCUT2D eigenvalue weighted by Crippen LogP contribution is -1.95. The fourth-order valence-electron chi connectivity index (χ4n) is 1.43. The maximum atomic E-state index is 5.23. The highest BCUT2D eigenvalue weighted by Crippen LogP contribution is 2.72. The molecule has 8 heavy (non-hydrogen) atoms. The van der Waals surface area contributed by atoms with Gasteiger partial charge in [-0.1, -0.05) is 6.08 Å². The Bertz CT molecular complexity index is 177. The lowest BCUT2D eigenvalue weighted by Gasteiger charge is -1.91. The second-order valence-corrected chi connectivity index (χ2v) is 2.57. The predicted octanol–water partition coefficient (Wildman–Crippen LogP) is 0.789. The summed E-state index contributed by atoms with van der Waals surface area (Å²) in [6.45, 7) is 0. The average molecular weight is 110 g/mol. The molecule has 0 spiro atoms. The number of ether oxygens (including phenoxy) is 2. The van der Waals surface area contributed by atoms with Crippen molar-refractivity contribution in [3.63, 3.8) is 0 Å². The highest BCUT2D eigenvalue weighted by atomic mass is 17.0. The molecule has 0 aromatic carbocycles. The van der Waals surface area contributed by atoms with E-state index in [0.717, 1.165) is 12.8 Å². The molecule has 2 aliphatic heterocycles. The van der Waals surface area contributed by atoms with Crippen LogP contribution in [0, 0.1) is 0 Å². The Morgan fingerprint density at radius 2 is 2.25 bits per heavy atom. The summed E-state index contributed by atoms with van der Waals surface area (Å²) in [5.74, 6) is -0.285. The molecule has 0 N–H and O–H groups in total. The summed E-state index contributed by atoms with van der Waals surface area (Å²) in [6, 6.07) is 0. The minimum atomic E-state index is -0.189. The van der Waals surface area contributed by atoms with Crippen molar-refractivity contribution in [2.75, 3.05) is 0 Å². The van der Waals surface area contributed by atoms with Crippen LogP contribution in [-0.4, -0.2) is 11.6 Å². The fourth-order valence-corrected chi connectivity index (χ4v) is 1.43. The molecule has 2 nitrogen and oxygen atoms in total. The van der Waals surface area contributed by atoms with Crippen LogP contribution in [0.4, 0.5) is 0 Å². The van der Waals surface area contributed by atoms with Gasteiger partial charge in [-0.25, -0.2) is 0 Å². The van der Waals surface area contributed by atoms with E-state index in [1.54, 1.807) is 0 Å². The highest BCUT2D eigenvalue weighted by molar-refractivity contribution is 5.31. The minimum absolute atomic E-state index is 0.0955. The number of hydrogen-bond donors (Lipinski definition) is 0. The molecule has 0 bridgehead atoms. The van der Waals surface area contributed by atoms with Gasteiger partial charge in [0.25, 0.3) is 0 Å². The van der Waals surface area contributed by atoms with Crippen LogP contribution in [0.1, 0.15) is 12.8 Å². The van der Waals surface area contributed by atoms with Gasteiger partial charge in [-0.2, -0.15) is 0 Å². The van der Waals surface area contributed by atoms with E-state index in [0.29, 0.717) is 0 Å². The molecule has 0 unspecified atom stereocenters. The van der Waals surface area contributed by atoms with E-state index in [9.17, 15) is 0 Å². The molecule has 42 valence electrons. The van der Waals surface area contributed by atoms with Crippen LogP contribution in [0.25, 0.3) is 0 Å². The van der Waals surface area contributed by atoms with Crippen LogP contribution < -0.4 is 0 Å². The Balaban J connectivity index is 2.13. The van der Waals surface area contributed by atoms with E-state index in [1.165, 1.54) is 0 Å². The van der Waals surface area contributed by atoms with Gasteiger partial charge in [0, 0.05) is 6.42 Å². The van der Waals surface area contributed by atoms with Gasteiger partial charge >= 0.3 is 0 Å². The highest BCUT2D eigenvalue weighted by Gasteiger charge is 2.89. The molecule has 0 aromatic heterocycles. The number of epoxide rings is 2. The van der Waals surface area contributed by atoms with Gasteiger partial charge in [-0.3, -0.25) is 0 Å². The molecule has 2 heterocycles. The van der Waals surface area contributed by atoms with Crippen LogP contribution in [0.5, 0.6) is 0 Å². The zero-order valence-electron chi connectivity index (χ0n) is 4.39. The monoisotopic (exact) mass is 110 g/mol. The van der Waals surface area contributed by atoms with Crippen LogP contribution in [-0.2, 0) is 9.47 Å². The van der Waals surface area contributed by atoms with E-state index in [4.69, 9.17) is 9.47 Å². The molecule has 1 aliphatic carbocycles. The minimum Gasteiger partial charge on any atom is -0.303 e. The van der Waals surface area contributed by atoms with Gasteiger partial charge in [0.15, 0.2) is 0 Å². The molecular weight excluding hydrogens is 104 g/mol. The van der Waals surface area contributed by atoms with E-state index >= 15 is 0 Å². The first kappa shape index (κ1) is 3.64. The Morgan fingerprint density at radius 1 is 1.38 bits per heavy atom. The molecule has 0 atom stereocenters. The van der Waals surface area contributed by atoms with Crippen LogP contribution in [0.2, 0.25) is 0 Å². The summed E-state index contributed by atoms with van der Waals surface area (Å²) >= 11 is 0. The van der Waals surface area contributed by atoms with Crippen LogP contribution in [0.3, 0.4) is 0 Å². The van der Waals surface area contributed by atoms with Crippen molar-refractivity contribution in [3.05, 3.63) is 12.2 Å². The van der Waals surface area contributed by atoms with Gasteiger partial charge in [-0.05, 0) is 12.5 Å². The van der Waals surface area contributed by atoms with Gasteiger partial charge < -0.3 is 9.47 Å². The molecule has 0 aromatic rings. The van der Waals surface area contributed by atoms with E-state index in [-0.39, 0.29) is 11.6 Å². The molecular formula is C6H6O2. The third-order valence-corrected chi connectivity index (χ3v) is 2.06. The number of hydrogen-bond acceptors (Lipinski definition) is 2. The molecule has 2 saturated heterocycles. The van der Waals surface area contributed by atoms with Gasteiger partial charge in [0.1, 0.15) is 0 Å². The first-order chi connectivity index (χ1) is 3.87. The van der Waals surface area contributed by atoms with Crippen molar-refractivity contribution < 1.29 is 9.47 Å². The smallest absolute Gasteiger partial charge is 0.249 e. The maximum absolute atomic E-state index is 5.23. The molecule has 2 fully saturated rings. The SMILES string of the molecule is C1=CC23OC2(CC1)O3. The molecule has 0 amide bonds. The summed E-state index contributed by atoms with van der Waals surface area (Å²) in [5.41, 5.74) is 0. The van der Waals surface area contributed by atoms with Crippen molar-refractivity contribution in [2.45, 2.75) is 24.4 Å². The Hall–Kier alpha value is -0.340. The summed E-state index contributed by atoms with van der Waals surface area (Å²) < 4.78 is 10.5. The standard InChI is InChI=1S/C6H6O2/c1-2-4-6-5(3-1,7-6)8-6/h1,3H,2,4H2. The zero-order valence-corrected chi connectivity index (χ0v) is 4.39. The Morgan fingerprint density at radius 3 is 2.75 bits per heavy atom. The lowest BCUT2D eigenvalue weighted by atomic mass is 10.1. The molecule has 0 saturated carbocycles. The quantitative estimate of drug-likeness (QED) is 0.340. The summed E-state index contributed by atoms with van der Waals surface area (Å²) in [7, 11) is 0. The summed E-state index contributed by atoms with van der Waals surface area (Å²) in [4.78, 5) is 0. The predicted molar refractivity (Wildman–Crippen MR) is 26.0 cm³/mol. The van der Waals surface area contributed by atoms with Gasteiger partial charge in [-0.15, -0.1) is 0 Å². The molecule has 3 aliphatic rings. The summed E-state index contributed by atoms with van der Waals surface area (Å²) in [6.07, 6.45) is 6.32. The second kappa shape index (κ2) is 0.684.